The molecule has 0 aliphatic rings. The van der Waals surface area contributed by atoms with Crippen molar-refractivity contribution in [1.29, 1.82) is 0 Å². The van der Waals surface area contributed by atoms with Crippen molar-refractivity contribution >= 4 is 11.7 Å². The summed E-state index contributed by atoms with van der Waals surface area (Å²) < 4.78 is 0. The molecule has 0 aliphatic carbocycles. The van der Waals surface area contributed by atoms with Crippen molar-refractivity contribution in [1.82, 2.24) is 10.3 Å². The zero-order valence-electron chi connectivity index (χ0n) is 7.09. The van der Waals surface area contributed by atoms with Crippen molar-refractivity contribution in [3.05, 3.63) is 23.9 Å². The molecule has 0 unspecified atom stereocenters. The first-order chi connectivity index (χ1) is 5.77. The summed E-state index contributed by atoms with van der Waals surface area (Å²) in [4.78, 5) is 15.0. The smallest absolute Gasteiger partial charge is 0.252 e. The molecule has 0 fully saturated rings. The van der Waals surface area contributed by atoms with Crippen LogP contribution in [0.3, 0.4) is 0 Å². The van der Waals surface area contributed by atoms with Crippen LogP contribution in [-0.2, 0) is 0 Å². The quantitative estimate of drug-likeness (QED) is 0.670. The zero-order chi connectivity index (χ0) is 8.97. The Labute approximate surface area is 71.0 Å². The summed E-state index contributed by atoms with van der Waals surface area (Å²) in [5.74, 6) is 0.632. The Morgan fingerprint density at radius 1 is 1.42 bits per heavy atom. The number of nitrogens with one attached hydrogen (secondary N) is 2. The third kappa shape index (κ3) is 1.72. The summed E-state index contributed by atoms with van der Waals surface area (Å²) in [6.45, 7) is 0. The molecule has 1 rings (SSSR count). The lowest BCUT2D eigenvalue weighted by molar-refractivity contribution is 0.0963. The Hall–Kier alpha value is -1.58. The molecular formula is C8H11N3O. The lowest BCUT2D eigenvalue weighted by atomic mass is 10.2. The van der Waals surface area contributed by atoms with Crippen molar-refractivity contribution in [3.63, 3.8) is 0 Å². The van der Waals surface area contributed by atoms with Crippen molar-refractivity contribution < 1.29 is 4.79 Å². The van der Waals surface area contributed by atoms with Gasteiger partial charge < -0.3 is 10.6 Å². The van der Waals surface area contributed by atoms with Crippen molar-refractivity contribution in [2.75, 3.05) is 19.4 Å². The minimum Gasteiger partial charge on any atom is -0.373 e. The molecule has 1 amide bonds. The van der Waals surface area contributed by atoms with Crippen LogP contribution >= 0.6 is 0 Å². The van der Waals surface area contributed by atoms with Gasteiger partial charge in [0, 0.05) is 20.3 Å². The fraction of sp³-hybridized carbons (Fsp3) is 0.250. The Morgan fingerprint density at radius 3 is 2.58 bits per heavy atom. The highest BCUT2D eigenvalue weighted by Gasteiger charge is 2.01. The minimum atomic E-state index is -0.120. The summed E-state index contributed by atoms with van der Waals surface area (Å²) in [6, 6.07) is 3.47. The number of rotatable bonds is 2. The van der Waals surface area contributed by atoms with Gasteiger partial charge >= 0.3 is 0 Å². The molecule has 0 bridgehead atoms. The van der Waals surface area contributed by atoms with Crippen LogP contribution in [0.4, 0.5) is 5.82 Å². The molecule has 4 nitrogen and oxygen atoms in total. The maximum absolute atomic E-state index is 11.0. The van der Waals surface area contributed by atoms with E-state index in [9.17, 15) is 4.79 Å². The molecule has 0 spiro atoms. The highest BCUT2D eigenvalue weighted by molar-refractivity contribution is 5.93. The van der Waals surface area contributed by atoms with E-state index in [1.54, 1.807) is 26.2 Å². The number of hydrogen-bond acceptors (Lipinski definition) is 3. The van der Waals surface area contributed by atoms with E-state index in [2.05, 4.69) is 15.6 Å². The standard InChI is InChI=1S/C8H11N3O/c1-9-7-4-3-6(5-11-7)8(12)10-2/h3-5H,1-2H3,(H,9,11)(H,10,12). The monoisotopic (exact) mass is 165 g/mol. The first kappa shape index (κ1) is 8.52. The van der Waals surface area contributed by atoms with E-state index in [0.717, 1.165) is 5.82 Å². The second-order valence-electron chi connectivity index (χ2n) is 2.26. The van der Waals surface area contributed by atoms with Crippen LogP contribution in [0.15, 0.2) is 18.3 Å². The van der Waals surface area contributed by atoms with E-state index in [1.807, 2.05) is 0 Å². The van der Waals surface area contributed by atoms with Gasteiger partial charge in [-0.1, -0.05) is 0 Å². The first-order valence-electron chi connectivity index (χ1n) is 3.64. The predicted octanol–water partition coefficient (Wildman–Crippen LogP) is 0.483. The lowest BCUT2D eigenvalue weighted by Crippen LogP contribution is -2.17. The molecule has 0 radical (unpaired) electrons. The Bertz CT molecular complexity index is 268. The van der Waals surface area contributed by atoms with Gasteiger partial charge in [0.2, 0.25) is 0 Å². The van der Waals surface area contributed by atoms with Crippen LogP contribution in [0.25, 0.3) is 0 Å². The van der Waals surface area contributed by atoms with Crippen molar-refractivity contribution in [3.8, 4) is 0 Å². The lowest BCUT2D eigenvalue weighted by Gasteiger charge is -2.00. The highest BCUT2D eigenvalue weighted by Crippen LogP contribution is 2.03. The Kier molecular flexibility index (Phi) is 2.63. The second-order valence-corrected chi connectivity index (χ2v) is 2.26. The fourth-order valence-electron chi connectivity index (χ4n) is 0.820. The number of nitrogens with zero attached hydrogens (tertiary/aromatic N) is 1. The fourth-order valence-corrected chi connectivity index (χ4v) is 0.820. The number of carbonyl (C=O) groups excluding carboxylic acids is 1. The van der Waals surface area contributed by atoms with Gasteiger partial charge in [0.1, 0.15) is 5.82 Å². The van der Waals surface area contributed by atoms with Crippen LogP contribution in [0.5, 0.6) is 0 Å². The van der Waals surface area contributed by atoms with E-state index in [-0.39, 0.29) is 5.91 Å². The Balaban J connectivity index is 2.84. The molecule has 1 heterocycles. The molecule has 0 saturated heterocycles. The molecule has 1 aromatic rings. The Morgan fingerprint density at radius 2 is 2.17 bits per heavy atom. The number of pyridine rings is 1. The number of anilines is 1. The predicted molar refractivity (Wildman–Crippen MR) is 47.2 cm³/mol. The van der Waals surface area contributed by atoms with Gasteiger partial charge in [-0.05, 0) is 12.1 Å². The number of carbonyl (C=O) groups is 1. The maximum Gasteiger partial charge on any atom is 0.252 e. The van der Waals surface area contributed by atoms with Crippen LogP contribution in [0, 0.1) is 0 Å². The van der Waals surface area contributed by atoms with E-state index in [4.69, 9.17) is 0 Å². The van der Waals surface area contributed by atoms with Crippen molar-refractivity contribution in [2.45, 2.75) is 0 Å². The van der Waals surface area contributed by atoms with Crippen molar-refractivity contribution in [2.24, 2.45) is 0 Å². The van der Waals surface area contributed by atoms with Gasteiger partial charge in [-0.2, -0.15) is 0 Å². The second kappa shape index (κ2) is 3.71. The van der Waals surface area contributed by atoms with E-state index in [0.29, 0.717) is 5.56 Å². The molecule has 4 heteroatoms. The van der Waals surface area contributed by atoms with E-state index >= 15 is 0 Å². The van der Waals surface area contributed by atoms with E-state index in [1.165, 1.54) is 6.20 Å². The molecule has 2 N–H and O–H groups in total. The molecule has 0 atom stereocenters. The maximum atomic E-state index is 11.0. The van der Waals surface area contributed by atoms with Crippen LogP contribution in [-0.4, -0.2) is 25.0 Å². The summed E-state index contributed by atoms with van der Waals surface area (Å²) in [6.07, 6.45) is 1.53. The third-order valence-electron chi connectivity index (χ3n) is 1.51. The summed E-state index contributed by atoms with van der Waals surface area (Å²) in [5, 5.41) is 5.39. The summed E-state index contributed by atoms with van der Waals surface area (Å²) in [7, 11) is 3.37. The molecule has 1 aromatic heterocycles. The average molecular weight is 165 g/mol. The number of amides is 1. The molecule has 0 saturated carbocycles. The molecule has 12 heavy (non-hydrogen) atoms. The van der Waals surface area contributed by atoms with Gasteiger partial charge in [-0.3, -0.25) is 4.79 Å². The van der Waals surface area contributed by atoms with Crippen LogP contribution in [0.2, 0.25) is 0 Å². The third-order valence-corrected chi connectivity index (χ3v) is 1.51. The average Bonchev–Trinajstić information content (AvgIpc) is 2.17. The van der Waals surface area contributed by atoms with Gasteiger partial charge in [-0.15, -0.1) is 0 Å². The topological polar surface area (TPSA) is 54.0 Å². The highest BCUT2D eigenvalue weighted by atomic mass is 16.1. The zero-order valence-corrected chi connectivity index (χ0v) is 7.09. The summed E-state index contributed by atoms with van der Waals surface area (Å²) >= 11 is 0. The normalized spacial score (nSPS) is 9.17. The van der Waals surface area contributed by atoms with Gasteiger partial charge in [0.05, 0.1) is 5.56 Å². The molecule has 0 aliphatic heterocycles. The number of hydrogen-bond donors (Lipinski definition) is 2. The number of aromatic nitrogens is 1. The SMILES string of the molecule is CNC(=O)c1ccc(NC)nc1. The van der Waals surface area contributed by atoms with Gasteiger partial charge in [0.15, 0.2) is 0 Å². The largest absolute Gasteiger partial charge is 0.373 e. The van der Waals surface area contributed by atoms with Gasteiger partial charge in [0.25, 0.3) is 5.91 Å². The minimum absolute atomic E-state index is 0.120. The summed E-state index contributed by atoms with van der Waals surface area (Å²) in [5.41, 5.74) is 0.566. The van der Waals surface area contributed by atoms with E-state index < -0.39 is 0 Å². The van der Waals surface area contributed by atoms with Crippen LogP contribution < -0.4 is 10.6 Å². The van der Waals surface area contributed by atoms with Gasteiger partial charge in [-0.25, -0.2) is 4.98 Å². The molecule has 64 valence electrons. The van der Waals surface area contributed by atoms with Crippen LogP contribution in [0.1, 0.15) is 10.4 Å². The molecule has 0 aromatic carbocycles. The first-order valence-corrected chi connectivity index (χ1v) is 3.64. The molecular weight excluding hydrogens is 154 g/mol.